The van der Waals surface area contributed by atoms with Gasteiger partial charge in [-0.1, -0.05) is 6.92 Å². The number of rotatable bonds is 5. The van der Waals surface area contributed by atoms with Crippen molar-refractivity contribution in [2.45, 2.75) is 37.5 Å². The van der Waals surface area contributed by atoms with Gasteiger partial charge in [-0.2, -0.15) is 11.8 Å². The minimum Gasteiger partial charge on any atom is -0.465 e. The molecule has 0 amide bonds. The molecule has 20 heavy (non-hydrogen) atoms. The number of carbonyl (C=O) groups excluding carboxylic acids is 1. The van der Waals surface area contributed by atoms with Crippen LogP contribution in [0.25, 0.3) is 0 Å². The number of esters is 1. The van der Waals surface area contributed by atoms with Crippen molar-refractivity contribution in [3.63, 3.8) is 0 Å². The number of thioether (sulfide) groups is 1. The molecule has 0 aliphatic heterocycles. The molecule has 110 valence electrons. The topological polar surface area (TPSA) is 64.3 Å². The number of nitrogens with one attached hydrogen (secondary N) is 1. The van der Waals surface area contributed by atoms with E-state index in [0.717, 1.165) is 29.5 Å². The molecule has 0 heterocycles. The fourth-order valence-electron chi connectivity index (χ4n) is 2.60. The van der Waals surface area contributed by atoms with Crippen molar-refractivity contribution >= 4 is 29.1 Å². The number of nitrogens with two attached hydrogens (primary N) is 1. The van der Waals surface area contributed by atoms with Gasteiger partial charge in [0.15, 0.2) is 0 Å². The lowest BCUT2D eigenvalue weighted by Crippen LogP contribution is -2.17. The van der Waals surface area contributed by atoms with Gasteiger partial charge in [-0.05, 0) is 43.2 Å². The highest BCUT2D eigenvalue weighted by Gasteiger charge is 2.25. The summed E-state index contributed by atoms with van der Waals surface area (Å²) in [6, 6.07) is 5.66. The van der Waals surface area contributed by atoms with Crippen molar-refractivity contribution in [1.82, 2.24) is 0 Å². The van der Waals surface area contributed by atoms with E-state index >= 15 is 0 Å². The maximum Gasteiger partial charge on any atom is 0.337 e. The van der Waals surface area contributed by atoms with Crippen LogP contribution in [0.1, 0.15) is 36.5 Å². The molecule has 5 heteroatoms. The van der Waals surface area contributed by atoms with Crippen molar-refractivity contribution in [2.24, 2.45) is 0 Å². The Hall–Kier alpha value is -1.36. The number of nitrogen functional groups attached to an aromatic ring is 1. The van der Waals surface area contributed by atoms with Gasteiger partial charge in [-0.3, -0.25) is 0 Å². The molecule has 1 aliphatic rings. The quantitative estimate of drug-likeness (QED) is 0.645. The SMILES string of the molecule is CCSC1CCC(Nc2cc(C(=O)OC)ccc2N)C1. The van der Waals surface area contributed by atoms with Crippen LogP contribution in [0.4, 0.5) is 11.4 Å². The molecule has 4 nitrogen and oxygen atoms in total. The van der Waals surface area contributed by atoms with E-state index in [9.17, 15) is 4.79 Å². The number of benzene rings is 1. The largest absolute Gasteiger partial charge is 0.465 e. The summed E-state index contributed by atoms with van der Waals surface area (Å²) in [7, 11) is 1.38. The second-order valence-corrected chi connectivity index (χ2v) is 6.60. The van der Waals surface area contributed by atoms with Gasteiger partial charge in [0.1, 0.15) is 0 Å². The third-order valence-electron chi connectivity index (χ3n) is 3.62. The Kier molecular flexibility index (Phi) is 5.17. The van der Waals surface area contributed by atoms with Gasteiger partial charge in [0, 0.05) is 11.3 Å². The lowest BCUT2D eigenvalue weighted by Gasteiger charge is -2.17. The molecule has 2 unspecified atom stereocenters. The summed E-state index contributed by atoms with van der Waals surface area (Å²) in [5.41, 5.74) is 8.02. The van der Waals surface area contributed by atoms with E-state index in [4.69, 9.17) is 10.5 Å². The van der Waals surface area contributed by atoms with Crippen LogP contribution < -0.4 is 11.1 Å². The Morgan fingerprint density at radius 3 is 3.00 bits per heavy atom. The zero-order valence-corrected chi connectivity index (χ0v) is 12.8. The predicted molar refractivity (Wildman–Crippen MR) is 85.4 cm³/mol. The van der Waals surface area contributed by atoms with Crippen LogP contribution in [-0.2, 0) is 4.74 Å². The van der Waals surface area contributed by atoms with Gasteiger partial charge < -0.3 is 15.8 Å². The smallest absolute Gasteiger partial charge is 0.337 e. The molecule has 1 aromatic rings. The van der Waals surface area contributed by atoms with Crippen LogP contribution in [0.5, 0.6) is 0 Å². The first-order valence-electron chi connectivity index (χ1n) is 7.00. The molecule has 1 fully saturated rings. The highest BCUT2D eigenvalue weighted by atomic mass is 32.2. The van der Waals surface area contributed by atoms with Gasteiger partial charge in [0.05, 0.1) is 24.0 Å². The summed E-state index contributed by atoms with van der Waals surface area (Å²) >= 11 is 2.02. The first kappa shape index (κ1) is 15.0. The molecular weight excluding hydrogens is 272 g/mol. The molecule has 1 saturated carbocycles. The maximum atomic E-state index is 11.6. The molecule has 0 saturated heterocycles. The molecule has 2 rings (SSSR count). The van der Waals surface area contributed by atoms with E-state index in [0.29, 0.717) is 17.3 Å². The Bertz CT molecular complexity index is 479. The monoisotopic (exact) mass is 294 g/mol. The minimum absolute atomic E-state index is 0.334. The zero-order chi connectivity index (χ0) is 14.5. The van der Waals surface area contributed by atoms with Crippen LogP contribution in [-0.4, -0.2) is 30.1 Å². The van der Waals surface area contributed by atoms with Gasteiger partial charge in [-0.25, -0.2) is 4.79 Å². The third kappa shape index (κ3) is 3.60. The maximum absolute atomic E-state index is 11.6. The van der Waals surface area contributed by atoms with E-state index in [-0.39, 0.29) is 5.97 Å². The minimum atomic E-state index is -0.334. The lowest BCUT2D eigenvalue weighted by atomic mass is 10.1. The van der Waals surface area contributed by atoms with E-state index in [1.165, 1.54) is 13.5 Å². The molecule has 0 bridgehead atoms. The molecule has 3 N–H and O–H groups in total. The average Bonchev–Trinajstić information content (AvgIpc) is 2.88. The van der Waals surface area contributed by atoms with Crippen molar-refractivity contribution in [1.29, 1.82) is 0 Å². The number of carbonyl (C=O) groups is 1. The summed E-state index contributed by atoms with van der Waals surface area (Å²) in [5.74, 6) is 0.830. The van der Waals surface area contributed by atoms with E-state index in [1.54, 1.807) is 18.2 Å². The fourth-order valence-corrected chi connectivity index (χ4v) is 3.75. The van der Waals surface area contributed by atoms with Crippen LogP contribution >= 0.6 is 11.8 Å². The summed E-state index contributed by atoms with van der Waals surface area (Å²) in [4.78, 5) is 11.6. The molecule has 1 aromatic carbocycles. The molecule has 2 atom stereocenters. The van der Waals surface area contributed by atoms with Crippen molar-refractivity contribution in [3.05, 3.63) is 23.8 Å². The van der Waals surface area contributed by atoms with Crippen LogP contribution in [0, 0.1) is 0 Å². The number of hydrogen-bond acceptors (Lipinski definition) is 5. The first-order valence-corrected chi connectivity index (χ1v) is 8.05. The van der Waals surface area contributed by atoms with Crippen LogP contribution in [0.3, 0.4) is 0 Å². The predicted octanol–water partition coefficient (Wildman–Crippen LogP) is 3.14. The normalized spacial score (nSPS) is 21.7. The third-order valence-corrected chi connectivity index (χ3v) is 4.85. The van der Waals surface area contributed by atoms with Gasteiger partial charge in [0.25, 0.3) is 0 Å². The van der Waals surface area contributed by atoms with Crippen molar-refractivity contribution in [3.8, 4) is 0 Å². The van der Waals surface area contributed by atoms with Gasteiger partial charge >= 0.3 is 5.97 Å². The number of methoxy groups -OCH3 is 1. The highest BCUT2D eigenvalue weighted by Crippen LogP contribution is 2.32. The van der Waals surface area contributed by atoms with E-state index in [1.807, 2.05) is 11.8 Å². The number of hydrogen-bond donors (Lipinski definition) is 2. The zero-order valence-electron chi connectivity index (χ0n) is 12.0. The van der Waals surface area contributed by atoms with E-state index < -0.39 is 0 Å². The second kappa shape index (κ2) is 6.88. The van der Waals surface area contributed by atoms with Gasteiger partial charge in [0.2, 0.25) is 0 Å². The highest BCUT2D eigenvalue weighted by molar-refractivity contribution is 7.99. The van der Waals surface area contributed by atoms with Crippen molar-refractivity contribution in [2.75, 3.05) is 23.9 Å². The molecule has 0 radical (unpaired) electrons. The Morgan fingerprint density at radius 1 is 1.50 bits per heavy atom. The van der Waals surface area contributed by atoms with E-state index in [2.05, 4.69) is 12.2 Å². The number of ether oxygens (including phenoxy) is 1. The molecule has 1 aliphatic carbocycles. The standard InChI is InChI=1S/C15H22N2O2S/c1-3-20-12-6-5-11(9-12)17-14-8-10(15(18)19-2)4-7-13(14)16/h4,7-8,11-12,17H,3,5-6,9,16H2,1-2H3. The molecular formula is C15H22N2O2S. The lowest BCUT2D eigenvalue weighted by molar-refractivity contribution is 0.0601. The summed E-state index contributed by atoms with van der Waals surface area (Å²) in [5, 5.41) is 4.21. The number of anilines is 2. The average molecular weight is 294 g/mol. The summed E-state index contributed by atoms with van der Waals surface area (Å²) in [6.07, 6.45) is 3.55. The fraction of sp³-hybridized carbons (Fsp3) is 0.533. The van der Waals surface area contributed by atoms with Crippen molar-refractivity contribution < 1.29 is 9.53 Å². The Labute approximate surface area is 124 Å². The molecule has 0 spiro atoms. The summed E-state index contributed by atoms with van der Waals surface area (Å²) < 4.78 is 4.74. The van der Waals surface area contributed by atoms with Crippen LogP contribution in [0.15, 0.2) is 18.2 Å². The summed E-state index contributed by atoms with van der Waals surface area (Å²) in [6.45, 7) is 2.20. The van der Waals surface area contributed by atoms with Gasteiger partial charge in [-0.15, -0.1) is 0 Å². The first-order chi connectivity index (χ1) is 9.63. The molecule has 0 aromatic heterocycles. The van der Waals surface area contributed by atoms with Crippen LogP contribution in [0.2, 0.25) is 0 Å². The Morgan fingerprint density at radius 2 is 2.30 bits per heavy atom. The second-order valence-electron chi connectivity index (χ2n) is 5.03. The Balaban J connectivity index is 2.04.